The van der Waals surface area contributed by atoms with Crippen molar-refractivity contribution in [2.75, 3.05) is 19.7 Å². The quantitative estimate of drug-likeness (QED) is 0.644. The Kier molecular flexibility index (Phi) is 6.23. The number of amides is 1. The van der Waals surface area contributed by atoms with E-state index < -0.39 is 35.1 Å². The molecule has 2 N–H and O–H groups in total. The van der Waals surface area contributed by atoms with Gasteiger partial charge in [0.2, 0.25) is 0 Å². The van der Waals surface area contributed by atoms with E-state index in [4.69, 9.17) is 4.74 Å². The van der Waals surface area contributed by atoms with Crippen LogP contribution in [0.1, 0.15) is 11.1 Å². The Morgan fingerprint density at radius 3 is 2.59 bits per heavy atom. The van der Waals surface area contributed by atoms with Crippen LogP contribution in [0.15, 0.2) is 58.4 Å². The zero-order valence-electron chi connectivity index (χ0n) is 15.2. The summed E-state index contributed by atoms with van der Waals surface area (Å²) in [6.45, 7) is -0.604. The van der Waals surface area contributed by atoms with Crippen LogP contribution in [0.3, 0.4) is 0 Å². The highest BCUT2D eigenvalue weighted by atomic mass is 32.2. The van der Waals surface area contributed by atoms with Gasteiger partial charge in [0.05, 0.1) is 4.90 Å². The minimum Gasteiger partial charge on any atom is -0.454 e. The van der Waals surface area contributed by atoms with E-state index in [-0.39, 0.29) is 16.5 Å². The summed E-state index contributed by atoms with van der Waals surface area (Å²) < 4.78 is 43.9. The Morgan fingerprint density at radius 2 is 1.83 bits per heavy atom. The van der Waals surface area contributed by atoms with Crippen molar-refractivity contribution in [2.24, 2.45) is 4.99 Å². The number of nitrogens with one attached hydrogen (secondary N) is 2. The van der Waals surface area contributed by atoms with Gasteiger partial charge in [-0.3, -0.25) is 19.3 Å². The smallest absolute Gasteiger partial charge is 0.328 e. The van der Waals surface area contributed by atoms with Crippen molar-refractivity contribution in [3.8, 4) is 0 Å². The predicted molar refractivity (Wildman–Crippen MR) is 102 cm³/mol. The molecule has 0 spiro atoms. The van der Waals surface area contributed by atoms with E-state index in [9.17, 15) is 22.4 Å². The molecule has 0 saturated carbocycles. The molecule has 152 valence electrons. The number of esters is 1. The lowest BCUT2D eigenvalue weighted by Gasteiger charge is -2.06. The molecule has 3 rings (SSSR count). The Balaban J connectivity index is 1.43. The highest BCUT2D eigenvalue weighted by Gasteiger charge is 2.30. The summed E-state index contributed by atoms with van der Waals surface area (Å²) in [5.41, 5.74) is 1.23. The maximum atomic E-state index is 12.8. The molecule has 1 heterocycles. The summed E-state index contributed by atoms with van der Waals surface area (Å²) in [7, 11) is -3.68. The molecule has 1 aliphatic rings. The number of benzene rings is 2. The van der Waals surface area contributed by atoms with Gasteiger partial charge in [0.15, 0.2) is 6.61 Å². The lowest BCUT2D eigenvalue weighted by atomic mass is 10.1. The molecule has 0 unspecified atom stereocenters. The summed E-state index contributed by atoms with van der Waals surface area (Å²) in [5, 5.41) is 2.58. The maximum absolute atomic E-state index is 12.8. The molecule has 0 bridgehead atoms. The van der Waals surface area contributed by atoms with Crippen LogP contribution in [0.2, 0.25) is 0 Å². The zero-order chi connectivity index (χ0) is 20.9. The van der Waals surface area contributed by atoms with Gasteiger partial charge in [0.25, 0.3) is 15.9 Å². The summed E-state index contributed by atoms with van der Waals surface area (Å²) in [6.07, 6.45) is 0.507. The van der Waals surface area contributed by atoms with Crippen molar-refractivity contribution < 1.29 is 27.1 Å². The molecule has 0 radical (unpaired) electrons. The van der Waals surface area contributed by atoms with Crippen LogP contribution in [-0.4, -0.2) is 45.8 Å². The number of aliphatic imine (C=N–C) groups is 1. The zero-order valence-corrected chi connectivity index (χ0v) is 16.0. The topological polar surface area (TPSA) is 114 Å². The third kappa shape index (κ3) is 5.38. The lowest BCUT2D eigenvalue weighted by molar-refractivity contribution is -0.147. The van der Waals surface area contributed by atoms with Crippen LogP contribution in [0.5, 0.6) is 0 Å². The molecule has 0 atom stereocenters. The Bertz CT molecular complexity index is 1050. The van der Waals surface area contributed by atoms with Gasteiger partial charge in [0, 0.05) is 12.1 Å². The minimum atomic E-state index is -3.68. The van der Waals surface area contributed by atoms with Gasteiger partial charge >= 0.3 is 5.97 Å². The molecular weight excluding hydrogens is 401 g/mol. The summed E-state index contributed by atoms with van der Waals surface area (Å²) in [4.78, 5) is 27.5. The molecule has 8 nitrogen and oxygen atoms in total. The van der Waals surface area contributed by atoms with E-state index in [0.29, 0.717) is 18.5 Å². The van der Waals surface area contributed by atoms with Crippen LogP contribution in [-0.2, 0) is 30.8 Å². The molecule has 1 amide bonds. The molecule has 0 aromatic heterocycles. The largest absolute Gasteiger partial charge is 0.454 e. The number of rotatable bonds is 7. The number of amidine groups is 1. The molecule has 0 saturated heterocycles. The van der Waals surface area contributed by atoms with E-state index in [0.717, 1.165) is 5.56 Å². The highest BCUT2D eigenvalue weighted by molar-refractivity contribution is 7.90. The number of nitrogens with zero attached hydrogens (tertiary/aromatic N) is 1. The van der Waals surface area contributed by atoms with Gasteiger partial charge in [-0.1, -0.05) is 24.3 Å². The van der Waals surface area contributed by atoms with Crippen molar-refractivity contribution in [3.05, 3.63) is 65.5 Å². The number of fused-ring (bicyclic) bond motifs is 1. The molecule has 0 fully saturated rings. The average molecular weight is 419 g/mol. The van der Waals surface area contributed by atoms with Gasteiger partial charge in [-0.25, -0.2) is 12.8 Å². The predicted octanol–water partition coefficient (Wildman–Crippen LogP) is 0.766. The first-order valence-electron chi connectivity index (χ1n) is 8.68. The van der Waals surface area contributed by atoms with Crippen molar-refractivity contribution in [2.45, 2.75) is 11.3 Å². The standard InChI is InChI=1S/C19H18FN3O5S/c20-14-7-5-13(6-8-14)9-10-21-17(24)12-28-18(25)11-22-19-15-3-1-2-4-16(15)29(26,27)23-19/h1-8H,9-12H2,(H,21,24)(H,22,23). The first kappa shape index (κ1) is 20.5. The number of hydrogen-bond donors (Lipinski definition) is 2. The molecule has 0 aliphatic carbocycles. The summed E-state index contributed by atoms with van der Waals surface area (Å²) in [5.74, 6) is -1.53. The number of carbonyl (C=O) groups is 2. The van der Waals surface area contributed by atoms with E-state index in [1.807, 2.05) is 0 Å². The molecule has 29 heavy (non-hydrogen) atoms. The number of hydrogen-bond acceptors (Lipinski definition) is 6. The molecule has 2 aromatic rings. The second-order valence-electron chi connectivity index (χ2n) is 6.15. The lowest BCUT2D eigenvalue weighted by Crippen LogP contribution is -2.31. The van der Waals surface area contributed by atoms with Crippen molar-refractivity contribution in [1.82, 2.24) is 10.0 Å². The Morgan fingerprint density at radius 1 is 1.10 bits per heavy atom. The van der Waals surface area contributed by atoms with Gasteiger partial charge in [-0.05, 0) is 36.2 Å². The van der Waals surface area contributed by atoms with Crippen molar-refractivity contribution >= 4 is 27.7 Å². The second-order valence-corrected chi connectivity index (χ2v) is 7.80. The normalized spacial score (nSPS) is 15.4. The van der Waals surface area contributed by atoms with Crippen molar-refractivity contribution in [3.63, 3.8) is 0 Å². The van der Waals surface area contributed by atoms with Crippen LogP contribution in [0, 0.1) is 5.82 Å². The molecule has 1 aliphatic heterocycles. The SMILES string of the molecule is O=C(COC(=O)CN=C1NS(=O)(=O)c2ccccc21)NCCc1ccc(F)cc1. The number of halogens is 1. The minimum absolute atomic E-state index is 0.0568. The van der Waals surface area contributed by atoms with E-state index in [2.05, 4.69) is 15.0 Å². The summed E-state index contributed by atoms with van der Waals surface area (Å²) in [6, 6.07) is 12.2. The first-order chi connectivity index (χ1) is 13.8. The number of ether oxygens (including phenoxy) is 1. The average Bonchev–Trinajstić information content (AvgIpc) is 2.97. The Labute approximate surface area is 166 Å². The molecule has 2 aromatic carbocycles. The van der Waals surface area contributed by atoms with E-state index in [1.54, 1.807) is 30.3 Å². The first-order valence-corrected chi connectivity index (χ1v) is 10.2. The van der Waals surface area contributed by atoms with Crippen LogP contribution in [0.4, 0.5) is 4.39 Å². The van der Waals surface area contributed by atoms with Gasteiger partial charge in [0.1, 0.15) is 18.2 Å². The fourth-order valence-electron chi connectivity index (χ4n) is 2.63. The van der Waals surface area contributed by atoms with E-state index in [1.165, 1.54) is 18.2 Å². The van der Waals surface area contributed by atoms with Crippen molar-refractivity contribution in [1.29, 1.82) is 0 Å². The maximum Gasteiger partial charge on any atom is 0.328 e. The monoisotopic (exact) mass is 419 g/mol. The van der Waals surface area contributed by atoms with Gasteiger partial charge in [-0.2, -0.15) is 0 Å². The highest BCUT2D eigenvalue weighted by Crippen LogP contribution is 2.21. The van der Waals surface area contributed by atoms with E-state index >= 15 is 0 Å². The second kappa shape index (κ2) is 8.82. The summed E-state index contributed by atoms with van der Waals surface area (Å²) >= 11 is 0. The van der Waals surface area contributed by atoms with Crippen LogP contribution >= 0.6 is 0 Å². The van der Waals surface area contributed by atoms with Crippen LogP contribution < -0.4 is 10.0 Å². The third-order valence-corrected chi connectivity index (χ3v) is 5.44. The fourth-order valence-corrected chi connectivity index (χ4v) is 3.89. The third-order valence-electron chi connectivity index (χ3n) is 4.04. The fraction of sp³-hybridized carbons (Fsp3) is 0.211. The van der Waals surface area contributed by atoms with Crippen LogP contribution in [0.25, 0.3) is 0 Å². The number of sulfonamides is 1. The Hall–Kier alpha value is -3.27. The van der Waals surface area contributed by atoms with Gasteiger partial charge < -0.3 is 10.1 Å². The molecular formula is C19H18FN3O5S. The van der Waals surface area contributed by atoms with Gasteiger partial charge in [-0.15, -0.1) is 0 Å². The number of carbonyl (C=O) groups excluding carboxylic acids is 2. The molecule has 10 heteroatoms.